The Hall–Kier alpha value is -4.40. The van der Waals surface area contributed by atoms with Crippen molar-refractivity contribution in [2.24, 2.45) is 0 Å². The number of furan rings is 1. The topological polar surface area (TPSA) is 135 Å². The van der Waals surface area contributed by atoms with E-state index in [1.165, 1.54) is 0 Å². The Kier molecular flexibility index (Phi) is 5.14. The third kappa shape index (κ3) is 4.08. The van der Waals surface area contributed by atoms with Gasteiger partial charge in [0.05, 0.1) is 17.9 Å². The minimum atomic E-state index is -1.08. The minimum Gasteiger partial charge on any atom is -0.465 e. The summed E-state index contributed by atoms with van der Waals surface area (Å²) in [6, 6.07) is 16.4. The van der Waals surface area contributed by atoms with Crippen molar-refractivity contribution in [3.05, 3.63) is 66.4 Å². The first-order valence-corrected chi connectivity index (χ1v) is 10.5. The average molecular weight is 443 g/mol. The van der Waals surface area contributed by atoms with Crippen LogP contribution in [0.25, 0.3) is 33.7 Å². The molecule has 9 heteroatoms. The molecule has 5 rings (SSSR count). The highest BCUT2D eigenvalue weighted by molar-refractivity contribution is 5.95. The van der Waals surface area contributed by atoms with Gasteiger partial charge in [0.25, 0.3) is 5.91 Å². The zero-order valence-electron chi connectivity index (χ0n) is 17.6. The van der Waals surface area contributed by atoms with Crippen LogP contribution < -0.4 is 11.1 Å². The van der Waals surface area contributed by atoms with Crippen molar-refractivity contribution < 1.29 is 19.1 Å². The first-order valence-electron chi connectivity index (χ1n) is 10.5. The Morgan fingerprint density at radius 3 is 2.70 bits per heavy atom. The van der Waals surface area contributed by atoms with Crippen LogP contribution in [-0.4, -0.2) is 51.1 Å². The molecule has 1 unspecified atom stereocenters. The zero-order chi connectivity index (χ0) is 22.9. The first kappa shape index (κ1) is 20.5. The van der Waals surface area contributed by atoms with Crippen molar-refractivity contribution in [3.8, 4) is 22.7 Å². The van der Waals surface area contributed by atoms with Crippen LogP contribution in [0.15, 0.2) is 65.2 Å². The predicted octanol–water partition coefficient (Wildman–Crippen LogP) is 3.62. The molecule has 1 saturated heterocycles. The van der Waals surface area contributed by atoms with Crippen LogP contribution in [-0.2, 0) is 0 Å². The fourth-order valence-electron chi connectivity index (χ4n) is 4.02. The molecular formula is C24H21N5O4. The van der Waals surface area contributed by atoms with Crippen molar-refractivity contribution in [2.45, 2.75) is 12.5 Å². The molecule has 1 aliphatic heterocycles. The highest BCUT2D eigenvalue weighted by Gasteiger charge is 2.28. The predicted molar refractivity (Wildman–Crippen MR) is 123 cm³/mol. The zero-order valence-corrected chi connectivity index (χ0v) is 17.6. The minimum absolute atomic E-state index is 0.136. The quantitative estimate of drug-likeness (QED) is 0.438. The van der Waals surface area contributed by atoms with E-state index < -0.39 is 6.09 Å². The molecule has 1 fully saturated rings. The van der Waals surface area contributed by atoms with Crippen molar-refractivity contribution in [1.29, 1.82) is 0 Å². The molecule has 2 aromatic heterocycles. The number of aromatic nitrogens is 2. The van der Waals surface area contributed by atoms with E-state index in [0.717, 1.165) is 16.5 Å². The van der Waals surface area contributed by atoms with Gasteiger partial charge in [-0.1, -0.05) is 30.3 Å². The first-order chi connectivity index (χ1) is 16.0. The number of carbonyl (C=O) groups excluding carboxylic acids is 1. The number of rotatable bonds is 4. The summed E-state index contributed by atoms with van der Waals surface area (Å²) >= 11 is 0. The largest absolute Gasteiger partial charge is 0.465 e. The lowest BCUT2D eigenvalue weighted by Gasteiger charge is -2.16. The molecule has 1 aliphatic rings. The van der Waals surface area contributed by atoms with E-state index in [2.05, 4.69) is 15.3 Å². The molecule has 2 aromatic carbocycles. The average Bonchev–Trinajstić information content (AvgIpc) is 3.45. The van der Waals surface area contributed by atoms with Crippen LogP contribution in [0.3, 0.4) is 0 Å². The van der Waals surface area contributed by atoms with Gasteiger partial charge < -0.3 is 25.5 Å². The number of hydrogen-bond acceptors (Lipinski definition) is 6. The van der Waals surface area contributed by atoms with Gasteiger partial charge in [-0.2, -0.15) is 0 Å². The van der Waals surface area contributed by atoms with Gasteiger partial charge in [0, 0.05) is 29.6 Å². The Labute approximate surface area is 188 Å². The molecule has 0 radical (unpaired) electrons. The molecule has 4 N–H and O–H groups in total. The number of anilines is 1. The van der Waals surface area contributed by atoms with Gasteiger partial charge in [-0.25, -0.2) is 14.8 Å². The van der Waals surface area contributed by atoms with Crippen LogP contribution in [0.5, 0.6) is 0 Å². The van der Waals surface area contributed by atoms with Gasteiger partial charge in [0.1, 0.15) is 11.3 Å². The number of benzene rings is 2. The van der Waals surface area contributed by atoms with Gasteiger partial charge >= 0.3 is 6.09 Å². The Morgan fingerprint density at radius 1 is 1.15 bits per heavy atom. The van der Waals surface area contributed by atoms with Crippen molar-refractivity contribution in [1.82, 2.24) is 20.2 Å². The van der Waals surface area contributed by atoms with Crippen LogP contribution in [0.2, 0.25) is 0 Å². The van der Waals surface area contributed by atoms with Gasteiger partial charge in [-0.05, 0) is 30.7 Å². The van der Waals surface area contributed by atoms with Crippen LogP contribution in [0, 0.1) is 0 Å². The summed E-state index contributed by atoms with van der Waals surface area (Å²) in [7, 11) is 0. The van der Waals surface area contributed by atoms with E-state index in [4.69, 9.17) is 15.3 Å². The van der Waals surface area contributed by atoms with E-state index in [1.54, 1.807) is 35.4 Å². The van der Waals surface area contributed by atoms with Crippen molar-refractivity contribution in [2.75, 3.05) is 18.8 Å². The fraction of sp³-hybridized carbons (Fsp3) is 0.167. The Balaban J connectivity index is 1.37. The highest BCUT2D eigenvalue weighted by atomic mass is 16.4. The van der Waals surface area contributed by atoms with E-state index in [0.29, 0.717) is 42.2 Å². The van der Waals surface area contributed by atoms with E-state index in [9.17, 15) is 9.59 Å². The molecule has 33 heavy (non-hydrogen) atoms. The normalized spacial score (nSPS) is 15.6. The van der Waals surface area contributed by atoms with Crippen LogP contribution in [0.4, 0.5) is 10.6 Å². The number of fused-ring (bicyclic) bond motifs is 1. The number of carbonyl (C=O) groups is 2. The number of hydrogen-bond donors (Lipinski definition) is 3. The number of amides is 2. The van der Waals surface area contributed by atoms with Gasteiger partial charge in [0.2, 0.25) is 0 Å². The summed E-state index contributed by atoms with van der Waals surface area (Å²) in [5.41, 5.74) is 9.17. The number of likely N-dealkylation sites (tertiary alicyclic amines) is 1. The van der Waals surface area contributed by atoms with E-state index in [1.807, 2.05) is 30.3 Å². The maximum atomic E-state index is 12.8. The highest BCUT2D eigenvalue weighted by Crippen LogP contribution is 2.31. The SMILES string of the molecule is Nc1ncc(-c2ccc(C(=O)N3CCC(NC(=O)O)C3)cc2)nc1-c1cc2ccccc2o1. The lowest BCUT2D eigenvalue weighted by Crippen LogP contribution is -2.37. The summed E-state index contributed by atoms with van der Waals surface area (Å²) in [4.78, 5) is 34.2. The standard InChI is InChI=1S/C24H21N5O4/c25-22-21(20-11-16-3-1-2-4-19(16)33-20)28-18(12-26-22)14-5-7-15(8-6-14)23(30)29-10-9-17(13-29)27-24(31)32/h1-8,11-12,17,27H,9-10,13H2,(H2,25,26)(H,31,32). The van der Waals surface area contributed by atoms with Gasteiger partial charge in [-0.3, -0.25) is 4.79 Å². The third-order valence-electron chi connectivity index (χ3n) is 5.69. The molecule has 1 atom stereocenters. The Bertz CT molecular complexity index is 1320. The molecule has 0 saturated carbocycles. The molecular weight excluding hydrogens is 422 g/mol. The maximum absolute atomic E-state index is 12.8. The number of nitrogens with zero attached hydrogens (tertiary/aromatic N) is 3. The van der Waals surface area contributed by atoms with E-state index >= 15 is 0 Å². The summed E-state index contributed by atoms with van der Waals surface area (Å²) in [6.07, 6.45) is 1.10. The molecule has 0 spiro atoms. The fourth-order valence-corrected chi connectivity index (χ4v) is 4.02. The number of para-hydroxylation sites is 1. The molecule has 0 aliphatic carbocycles. The van der Waals surface area contributed by atoms with Crippen LogP contribution in [0.1, 0.15) is 16.8 Å². The summed E-state index contributed by atoms with van der Waals surface area (Å²) in [6.45, 7) is 0.868. The molecule has 3 heterocycles. The molecule has 9 nitrogen and oxygen atoms in total. The molecule has 4 aromatic rings. The molecule has 166 valence electrons. The third-order valence-corrected chi connectivity index (χ3v) is 5.69. The van der Waals surface area contributed by atoms with Crippen molar-refractivity contribution in [3.63, 3.8) is 0 Å². The van der Waals surface area contributed by atoms with Gasteiger partial charge in [0.15, 0.2) is 11.6 Å². The second kappa shape index (κ2) is 8.27. The number of nitrogens with two attached hydrogens (primary N) is 1. The number of carboxylic acid groups (broad SMARTS) is 1. The molecule has 0 bridgehead atoms. The Morgan fingerprint density at radius 2 is 1.94 bits per heavy atom. The number of nitrogens with one attached hydrogen (secondary N) is 1. The van der Waals surface area contributed by atoms with E-state index in [-0.39, 0.29) is 17.8 Å². The van der Waals surface area contributed by atoms with Crippen molar-refractivity contribution >= 4 is 28.8 Å². The second-order valence-electron chi connectivity index (χ2n) is 7.90. The maximum Gasteiger partial charge on any atom is 0.404 e. The monoisotopic (exact) mass is 443 g/mol. The number of nitrogen functional groups attached to an aromatic ring is 1. The second-order valence-corrected chi connectivity index (χ2v) is 7.90. The summed E-state index contributed by atoms with van der Waals surface area (Å²) in [5, 5.41) is 12.2. The molecule has 2 amide bonds. The lowest BCUT2D eigenvalue weighted by atomic mass is 10.1. The smallest absolute Gasteiger partial charge is 0.404 e. The van der Waals surface area contributed by atoms with Gasteiger partial charge in [-0.15, -0.1) is 0 Å². The summed E-state index contributed by atoms with van der Waals surface area (Å²) in [5.74, 6) is 0.666. The lowest BCUT2D eigenvalue weighted by molar-refractivity contribution is 0.0788. The van der Waals surface area contributed by atoms with Crippen LogP contribution >= 0.6 is 0 Å². The summed E-state index contributed by atoms with van der Waals surface area (Å²) < 4.78 is 5.89.